The van der Waals surface area contributed by atoms with Crippen LogP contribution in [0.2, 0.25) is 0 Å². The normalized spacial score (nSPS) is 17.4. The van der Waals surface area contributed by atoms with E-state index in [9.17, 15) is 27.6 Å². The van der Waals surface area contributed by atoms with Gasteiger partial charge < -0.3 is 15.5 Å². The van der Waals surface area contributed by atoms with E-state index in [-0.39, 0.29) is 11.8 Å². The number of benzene rings is 1. The molecule has 2 rings (SSSR count). The predicted molar refractivity (Wildman–Crippen MR) is 89.3 cm³/mol. The van der Waals surface area contributed by atoms with E-state index in [1.165, 1.54) is 11.8 Å². The summed E-state index contributed by atoms with van der Waals surface area (Å²) in [6.07, 6.45) is -2.37. The number of carbonyl (C=O) groups is 3. The van der Waals surface area contributed by atoms with Crippen LogP contribution in [0.15, 0.2) is 36.5 Å². The fourth-order valence-electron chi connectivity index (χ4n) is 2.57. The van der Waals surface area contributed by atoms with Crippen molar-refractivity contribution in [3.8, 4) is 0 Å². The van der Waals surface area contributed by atoms with Gasteiger partial charge in [0.05, 0.1) is 0 Å². The van der Waals surface area contributed by atoms with Crippen LogP contribution in [0.25, 0.3) is 0 Å². The zero-order valence-electron chi connectivity index (χ0n) is 14.0. The Hall–Kier alpha value is -2.84. The van der Waals surface area contributed by atoms with Crippen molar-refractivity contribution in [2.75, 3.05) is 17.2 Å². The molecule has 0 spiro atoms. The van der Waals surface area contributed by atoms with Gasteiger partial charge in [-0.1, -0.05) is 0 Å². The summed E-state index contributed by atoms with van der Waals surface area (Å²) in [6, 6.07) is 5.79. The smallest absolute Gasteiger partial charge is 0.365 e. The van der Waals surface area contributed by atoms with Crippen LogP contribution in [0.1, 0.15) is 19.8 Å². The number of anilines is 2. The van der Waals surface area contributed by atoms with Gasteiger partial charge in [0, 0.05) is 37.1 Å². The molecule has 1 aromatic rings. The monoisotopic (exact) mass is 369 g/mol. The summed E-state index contributed by atoms with van der Waals surface area (Å²) in [4.78, 5) is 35.7. The van der Waals surface area contributed by atoms with Gasteiger partial charge >= 0.3 is 6.18 Å². The predicted octanol–water partition coefficient (Wildman–Crippen LogP) is 2.69. The maximum atomic E-state index is 12.4. The SMILES string of the molecule is CC(=O)Nc1ccc(NC(=O)[C@@H]2CCCN2/C=C/C(=O)C(F)(F)F)cc1. The Kier molecular flexibility index (Phi) is 6.01. The molecule has 2 amide bonds. The minimum absolute atomic E-state index is 0.219. The van der Waals surface area contributed by atoms with Crippen molar-refractivity contribution in [2.45, 2.75) is 32.0 Å². The van der Waals surface area contributed by atoms with Gasteiger partial charge in [-0.3, -0.25) is 14.4 Å². The van der Waals surface area contributed by atoms with Crippen LogP contribution in [0.3, 0.4) is 0 Å². The van der Waals surface area contributed by atoms with Crippen molar-refractivity contribution in [1.82, 2.24) is 4.90 Å². The highest BCUT2D eigenvalue weighted by Crippen LogP contribution is 2.22. The lowest BCUT2D eigenvalue weighted by molar-refractivity contribution is -0.165. The summed E-state index contributed by atoms with van der Waals surface area (Å²) in [7, 11) is 0. The first kappa shape index (κ1) is 19.5. The number of allylic oxidation sites excluding steroid dienone is 1. The molecule has 26 heavy (non-hydrogen) atoms. The topological polar surface area (TPSA) is 78.5 Å². The minimum Gasteiger partial charge on any atom is -0.365 e. The number of hydrogen-bond donors (Lipinski definition) is 2. The summed E-state index contributed by atoms with van der Waals surface area (Å²) in [6.45, 7) is 1.77. The van der Waals surface area contributed by atoms with Crippen LogP contribution >= 0.6 is 0 Å². The number of alkyl halides is 3. The second-order valence-electron chi connectivity index (χ2n) is 5.82. The molecule has 0 unspecified atom stereocenters. The summed E-state index contributed by atoms with van der Waals surface area (Å²) in [5, 5.41) is 5.27. The van der Waals surface area contributed by atoms with Gasteiger partial charge in [0.2, 0.25) is 11.8 Å². The van der Waals surface area contributed by atoms with Crippen molar-refractivity contribution >= 4 is 29.0 Å². The Morgan fingerprint density at radius 1 is 1.12 bits per heavy atom. The van der Waals surface area contributed by atoms with Crippen LogP contribution in [0, 0.1) is 0 Å². The highest BCUT2D eigenvalue weighted by atomic mass is 19.4. The first-order chi connectivity index (χ1) is 12.2. The third-order valence-electron chi connectivity index (χ3n) is 3.77. The zero-order valence-corrected chi connectivity index (χ0v) is 14.0. The Bertz CT molecular complexity index is 714. The molecule has 140 valence electrons. The summed E-state index contributed by atoms with van der Waals surface area (Å²) >= 11 is 0. The molecule has 1 aromatic carbocycles. The summed E-state index contributed by atoms with van der Waals surface area (Å²) in [5.41, 5.74) is 1.07. The molecule has 1 saturated heterocycles. The molecule has 0 aromatic heterocycles. The van der Waals surface area contributed by atoms with Crippen LogP contribution in [0.4, 0.5) is 24.5 Å². The fraction of sp³-hybridized carbons (Fsp3) is 0.353. The molecule has 1 fully saturated rings. The Morgan fingerprint density at radius 2 is 1.69 bits per heavy atom. The van der Waals surface area contributed by atoms with Crippen molar-refractivity contribution < 1.29 is 27.6 Å². The van der Waals surface area contributed by atoms with Gasteiger partial charge in [0.15, 0.2) is 0 Å². The highest BCUT2D eigenvalue weighted by Gasteiger charge is 2.37. The molecule has 0 saturated carbocycles. The van der Waals surface area contributed by atoms with Gasteiger partial charge in [-0.2, -0.15) is 13.2 Å². The van der Waals surface area contributed by atoms with E-state index < -0.39 is 18.0 Å². The number of amides is 2. The second kappa shape index (κ2) is 8.03. The van der Waals surface area contributed by atoms with Crippen molar-refractivity contribution in [1.29, 1.82) is 0 Å². The molecular formula is C17H18F3N3O3. The van der Waals surface area contributed by atoms with Gasteiger partial charge in [0.25, 0.3) is 5.78 Å². The van der Waals surface area contributed by atoms with Gasteiger partial charge in [-0.25, -0.2) is 0 Å². The molecular weight excluding hydrogens is 351 g/mol. The molecule has 1 atom stereocenters. The second-order valence-corrected chi connectivity index (χ2v) is 5.82. The number of nitrogens with one attached hydrogen (secondary N) is 2. The number of ketones is 1. The minimum atomic E-state index is -4.93. The van der Waals surface area contributed by atoms with Gasteiger partial charge in [-0.05, 0) is 37.1 Å². The van der Waals surface area contributed by atoms with Crippen LogP contribution in [0.5, 0.6) is 0 Å². The molecule has 1 aliphatic rings. The number of halogens is 3. The first-order valence-corrected chi connectivity index (χ1v) is 7.90. The quantitative estimate of drug-likeness (QED) is 0.783. The van der Waals surface area contributed by atoms with Crippen LogP contribution in [-0.4, -0.2) is 41.3 Å². The van der Waals surface area contributed by atoms with E-state index in [0.717, 1.165) is 6.20 Å². The Morgan fingerprint density at radius 3 is 2.23 bits per heavy atom. The molecule has 1 heterocycles. The van der Waals surface area contributed by atoms with Crippen molar-refractivity contribution in [3.63, 3.8) is 0 Å². The molecule has 6 nitrogen and oxygen atoms in total. The molecule has 1 aliphatic heterocycles. The Balaban J connectivity index is 1.98. The van der Waals surface area contributed by atoms with Crippen molar-refractivity contribution in [2.24, 2.45) is 0 Å². The molecule has 0 aliphatic carbocycles. The highest BCUT2D eigenvalue weighted by molar-refractivity contribution is 5.96. The zero-order chi connectivity index (χ0) is 19.3. The Labute approximate surface area is 148 Å². The number of hydrogen-bond acceptors (Lipinski definition) is 4. The summed E-state index contributed by atoms with van der Waals surface area (Å²) < 4.78 is 36.8. The molecule has 9 heteroatoms. The lowest BCUT2D eigenvalue weighted by atomic mass is 10.2. The lowest BCUT2D eigenvalue weighted by Gasteiger charge is -2.22. The standard InChI is InChI=1S/C17H18F3N3O3/c1-11(24)21-12-4-6-13(7-5-12)22-16(26)14-3-2-9-23(14)10-8-15(25)17(18,19)20/h4-8,10,14H,2-3,9H2,1H3,(H,21,24)(H,22,26)/b10-8+/t14-/m0/s1. The average Bonchev–Trinajstić information content (AvgIpc) is 3.01. The molecule has 2 N–H and O–H groups in total. The van der Waals surface area contributed by atoms with Gasteiger partial charge in [0.1, 0.15) is 6.04 Å². The number of likely N-dealkylation sites (tertiary alicyclic amines) is 1. The van der Waals surface area contributed by atoms with Crippen LogP contribution in [-0.2, 0) is 14.4 Å². The number of carbonyl (C=O) groups excluding carboxylic acids is 3. The summed E-state index contributed by atoms with van der Waals surface area (Å²) in [5.74, 6) is -2.56. The van der Waals surface area contributed by atoms with E-state index in [1.54, 1.807) is 24.3 Å². The molecule has 0 radical (unpaired) electrons. The maximum absolute atomic E-state index is 12.4. The van der Waals surface area contributed by atoms with E-state index in [0.29, 0.717) is 36.8 Å². The largest absolute Gasteiger partial charge is 0.454 e. The number of rotatable bonds is 5. The van der Waals surface area contributed by atoms with Gasteiger partial charge in [-0.15, -0.1) is 0 Å². The maximum Gasteiger partial charge on any atom is 0.454 e. The van der Waals surface area contributed by atoms with E-state index in [4.69, 9.17) is 0 Å². The number of nitrogens with zero attached hydrogens (tertiary/aromatic N) is 1. The fourth-order valence-corrected chi connectivity index (χ4v) is 2.57. The third kappa shape index (κ3) is 5.33. The lowest BCUT2D eigenvalue weighted by Crippen LogP contribution is -2.36. The third-order valence-corrected chi connectivity index (χ3v) is 3.77. The first-order valence-electron chi connectivity index (χ1n) is 7.90. The average molecular weight is 369 g/mol. The molecule has 0 bridgehead atoms. The van der Waals surface area contributed by atoms with E-state index in [1.807, 2.05) is 0 Å². The van der Waals surface area contributed by atoms with E-state index >= 15 is 0 Å². The van der Waals surface area contributed by atoms with E-state index in [2.05, 4.69) is 10.6 Å². The van der Waals surface area contributed by atoms with Crippen molar-refractivity contribution in [3.05, 3.63) is 36.5 Å². The van der Waals surface area contributed by atoms with Crippen LogP contribution < -0.4 is 10.6 Å².